The molecule has 0 aliphatic rings. The molecule has 0 atom stereocenters. The summed E-state index contributed by atoms with van der Waals surface area (Å²) in [6, 6.07) is 3.93. The van der Waals surface area contributed by atoms with Crippen molar-refractivity contribution in [3.63, 3.8) is 0 Å². The summed E-state index contributed by atoms with van der Waals surface area (Å²) in [6.07, 6.45) is 0.223. The molecular weight excluding hydrogens is 310 g/mol. The lowest BCUT2D eigenvalue weighted by Crippen LogP contribution is -2.15. The van der Waals surface area contributed by atoms with E-state index in [1.807, 2.05) is 26.0 Å². The maximum atomic E-state index is 11.8. The highest BCUT2D eigenvalue weighted by Crippen LogP contribution is 2.27. The number of anilines is 1. The number of hydrogen-bond acceptors (Lipinski definition) is 3. The molecule has 0 spiro atoms. The number of amides is 1. The third-order valence-corrected chi connectivity index (χ3v) is 3.18. The minimum absolute atomic E-state index is 0.0994. The van der Waals surface area contributed by atoms with E-state index >= 15 is 0 Å². The van der Waals surface area contributed by atoms with Crippen LogP contribution in [-0.4, -0.2) is 18.5 Å². The first-order valence-electron chi connectivity index (χ1n) is 6.16. The molecule has 1 aromatic rings. The van der Waals surface area contributed by atoms with Crippen molar-refractivity contribution in [3.8, 4) is 0 Å². The van der Waals surface area contributed by atoms with E-state index < -0.39 is 0 Å². The molecule has 1 amide bonds. The molecule has 0 heterocycles. The van der Waals surface area contributed by atoms with Crippen LogP contribution in [-0.2, 0) is 14.3 Å². The maximum absolute atomic E-state index is 11.8. The van der Waals surface area contributed by atoms with Crippen LogP contribution >= 0.6 is 15.9 Å². The Morgan fingerprint density at radius 1 is 1.26 bits per heavy atom. The second-order valence-corrected chi connectivity index (χ2v) is 5.15. The van der Waals surface area contributed by atoms with Crippen molar-refractivity contribution in [1.82, 2.24) is 0 Å². The largest absolute Gasteiger partial charge is 0.466 e. The number of hydrogen-bond donors (Lipinski definition) is 1. The quantitative estimate of drug-likeness (QED) is 0.844. The fourth-order valence-corrected chi connectivity index (χ4v) is 2.50. The molecule has 0 bridgehead atoms. The number of carbonyl (C=O) groups is 2. The van der Waals surface area contributed by atoms with Gasteiger partial charge < -0.3 is 10.1 Å². The monoisotopic (exact) mass is 327 g/mol. The minimum Gasteiger partial charge on any atom is -0.466 e. The van der Waals surface area contributed by atoms with E-state index in [9.17, 15) is 9.59 Å². The highest BCUT2D eigenvalue weighted by molar-refractivity contribution is 9.10. The standard InChI is InChI=1S/C14H18BrNO3/c1-4-19-13(18)6-5-12(17)16-14-10(3)7-9(2)8-11(14)15/h7-8H,4-6H2,1-3H3,(H,16,17). The average molecular weight is 328 g/mol. The zero-order valence-electron chi connectivity index (χ0n) is 11.4. The van der Waals surface area contributed by atoms with Gasteiger partial charge in [0.05, 0.1) is 18.7 Å². The Morgan fingerprint density at radius 3 is 2.53 bits per heavy atom. The van der Waals surface area contributed by atoms with Gasteiger partial charge in [-0.1, -0.05) is 6.07 Å². The smallest absolute Gasteiger partial charge is 0.306 e. The first kappa shape index (κ1) is 15.7. The third kappa shape index (κ3) is 5.03. The maximum Gasteiger partial charge on any atom is 0.306 e. The van der Waals surface area contributed by atoms with Gasteiger partial charge in [0.15, 0.2) is 0 Å². The van der Waals surface area contributed by atoms with Crippen LogP contribution in [0.4, 0.5) is 5.69 Å². The lowest BCUT2D eigenvalue weighted by Gasteiger charge is -2.11. The zero-order valence-corrected chi connectivity index (χ0v) is 13.0. The van der Waals surface area contributed by atoms with Crippen molar-refractivity contribution < 1.29 is 14.3 Å². The van der Waals surface area contributed by atoms with Gasteiger partial charge in [-0.25, -0.2) is 0 Å². The van der Waals surface area contributed by atoms with Crippen LogP contribution in [0, 0.1) is 13.8 Å². The normalized spacial score (nSPS) is 10.1. The highest BCUT2D eigenvalue weighted by Gasteiger charge is 2.11. The third-order valence-electron chi connectivity index (χ3n) is 2.56. The molecular formula is C14H18BrNO3. The molecule has 19 heavy (non-hydrogen) atoms. The van der Waals surface area contributed by atoms with Gasteiger partial charge in [0.2, 0.25) is 5.91 Å². The summed E-state index contributed by atoms with van der Waals surface area (Å²) in [5.41, 5.74) is 2.85. The minimum atomic E-state index is -0.350. The van der Waals surface area contributed by atoms with Crippen molar-refractivity contribution in [2.45, 2.75) is 33.6 Å². The first-order chi connectivity index (χ1) is 8.93. The number of benzene rings is 1. The van der Waals surface area contributed by atoms with Crippen LogP contribution in [0.3, 0.4) is 0 Å². The lowest BCUT2D eigenvalue weighted by molar-refractivity contribution is -0.144. The Morgan fingerprint density at radius 2 is 1.95 bits per heavy atom. The van der Waals surface area contributed by atoms with Gasteiger partial charge in [-0.3, -0.25) is 9.59 Å². The van der Waals surface area contributed by atoms with Crippen molar-refractivity contribution in [3.05, 3.63) is 27.7 Å². The van der Waals surface area contributed by atoms with Crippen molar-refractivity contribution in [1.29, 1.82) is 0 Å². The SMILES string of the molecule is CCOC(=O)CCC(=O)Nc1c(C)cc(C)cc1Br. The molecule has 0 radical (unpaired) electrons. The average Bonchev–Trinajstić information content (AvgIpc) is 2.31. The van der Waals surface area contributed by atoms with Gasteiger partial charge in [0, 0.05) is 10.9 Å². The van der Waals surface area contributed by atoms with Gasteiger partial charge in [0.25, 0.3) is 0 Å². The second kappa shape index (κ2) is 7.28. The van der Waals surface area contributed by atoms with Crippen LogP contribution in [0.15, 0.2) is 16.6 Å². The van der Waals surface area contributed by atoms with Gasteiger partial charge >= 0.3 is 5.97 Å². The Bertz CT molecular complexity index is 463. The number of carbonyl (C=O) groups excluding carboxylic acids is 2. The highest BCUT2D eigenvalue weighted by atomic mass is 79.9. The van der Waals surface area contributed by atoms with Crippen LogP contribution in [0.25, 0.3) is 0 Å². The molecule has 4 nitrogen and oxygen atoms in total. The van der Waals surface area contributed by atoms with E-state index in [1.165, 1.54) is 0 Å². The fraction of sp³-hybridized carbons (Fsp3) is 0.429. The summed E-state index contributed by atoms with van der Waals surface area (Å²) >= 11 is 3.42. The molecule has 0 unspecified atom stereocenters. The molecule has 0 saturated heterocycles. The summed E-state index contributed by atoms with van der Waals surface area (Å²) in [4.78, 5) is 22.9. The summed E-state index contributed by atoms with van der Waals surface area (Å²) in [5, 5.41) is 2.81. The first-order valence-corrected chi connectivity index (χ1v) is 6.95. The molecule has 104 valence electrons. The zero-order chi connectivity index (χ0) is 14.4. The number of aryl methyl sites for hydroxylation is 2. The van der Waals surface area contributed by atoms with Crippen molar-refractivity contribution >= 4 is 33.5 Å². The van der Waals surface area contributed by atoms with Crippen LogP contribution in [0.2, 0.25) is 0 Å². The van der Waals surface area contributed by atoms with Crippen molar-refractivity contribution in [2.75, 3.05) is 11.9 Å². The molecule has 0 fully saturated rings. The second-order valence-electron chi connectivity index (χ2n) is 4.29. The summed E-state index contributed by atoms with van der Waals surface area (Å²) in [6.45, 7) is 6.00. The topological polar surface area (TPSA) is 55.4 Å². The van der Waals surface area contributed by atoms with Gasteiger partial charge in [-0.2, -0.15) is 0 Å². The number of halogens is 1. The van der Waals surface area contributed by atoms with Crippen LogP contribution in [0.1, 0.15) is 30.9 Å². The van der Waals surface area contributed by atoms with Gasteiger partial charge in [-0.05, 0) is 53.9 Å². The predicted octanol–water partition coefficient (Wildman–Crippen LogP) is 3.35. The van der Waals surface area contributed by atoms with E-state index in [-0.39, 0.29) is 24.7 Å². The molecule has 1 aromatic carbocycles. The Hall–Kier alpha value is -1.36. The van der Waals surface area contributed by atoms with Gasteiger partial charge in [0.1, 0.15) is 0 Å². The number of rotatable bonds is 5. The molecule has 0 aromatic heterocycles. The van der Waals surface area contributed by atoms with E-state index in [0.29, 0.717) is 6.61 Å². The molecule has 1 N–H and O–H groups in total. The van der Waals surface area contributed by atoms with Gasteiger partial charge in [-0.15, -0.1) is 0 Å². The molecule has 0 saturated carbocycles. The molecule has 0 aliphatic carbocycles. The number of esters is 1. The fourth-order valence-electron chi connectivity index (χ4n) is 1.72. The summed E-state index contributed by atoms with van der Waals surface area (Å²) < 4.78 is 5.62. The summed E-state index contributed by atoms with van der Waals surface area (Å²) in [5.74, 6) is -0.543. The van der Waals surface area contributed by atoms with Crippen molar-refractivity contribution in [2.24, 2.45) is 0 Å². The number of ether oxygens (including phenoxy) is 1. The van der Waals surface area contributed by atoms with E-state index in [4.69, 9.17) is 4.74 Å². The van der Waals surface area contributed by atoms with Crippen LogP contribution in [0.5, 0.6) is 0 Å². The lowest BCUT2D eigenvalue weighted by atomic mass is 10.1. The predicted molar refractivity (Wildman–Crippen MR) is 78.1 cm³/mol. The van der Waals surface area contributed by atoms with E-state index in [1.54, 1.807) is 6.92 Å². The molecule has 1 rings (SSSR count). The van der Waals surface area contributed by atoms with E-state index in [0.717, 1.165) is 21.3 Å². The van der Waals surface area contributed by atoms with Crippen LogP contribution < -0.4 is 5.32 Å². The Kier molecular flexibility index (Phi) is 6.02. The van der Waals surface area contributed by atoms with E-state index in [2.05, 4.69) is 21.2 Å². The summed E-state index contributed by atoms with van der Waals surface area (Å²) in [7, 11) is 0. The Balaban J connectivity index is 2.60. The number of nitrogens with one attached hydrogen (secondary N) is 1. The molecule has 5 heteroatoms. The Labute approximate surface area is 121 Å². The molecule has 0 aliphatic heterocycles.